The maximum atomic E-state index is 12.2. The zero-order chi connectivity index (χ0) is 16.7. The van der Waals surface area contributed by atoms with E-state index in [-0.39, 0.29) is 11.3 Å². The van der Waals surface area contributed by atoms with Crippen LogP contribution in [0.2, 0.25) is 0 Å². The van der Waals surface area contributed by atoms with Crippen LogP contribution in [0.15, 0.2) is 59.5 Å². The number of aryl methyl sites for hydroxylation is 1. The summed E-state index contributed by atoms with van der Waals surface area (Å²) in [6, 6.07) is 15.8. The molecule has 2 rings (SSSR count). The first-order valence-corrected chi connectivity index (χ1v) is 8.76. The van der Waals surface area contributed by atoms with Crippen molar-refractivity contribution in [2.75, 3.05) is 6.61 Å². The van der Waals surface area contributed by atoms with E-state index in [1.165, 1.54) is 6.07 Å². The monoisotopic (exact) mass is 333 g/mol. The van der Waals surface area contributed by atoms with Gasteiger partial charge in [-0.15, -0.1) is 0 Å². The molecule has 0 saturated heterocycles. The van der Waals surface area contributed by atoms with E-state index >= 15 is 0 Å². The molecule has 5 nitrogen and oxygen atoms in total. The van der Waals surface area contributed by atoms with Crippen LogP contribution in [0, 0.1) is 6.92 Å². The molecule has 122 valence electrons. The Morgan fingerprint density at radius 2 is 1.70 bits per heavy atom. The van der Waals surface area contributed by atoms with Crippen molar-refractivity contribution >= 4 is 15.9 Å². The third-order valence-electron chi connectivity index (χ3n) is 3.19. The molecule has 23 heavy (non-hydrogen) atoms. The first-order valence-electron chi connectivity index (χ1n) is 7.28. The van der Waals surface area contributed by atoms with Crippen LogP contribution in [-0.4, -0.2) is 20.9 Å². The first-order chi connectivity index (χ1) is 11.0. The molecule has 0 bridgehead atoms. The minimum atomic E-state index is -3.82. The molecule has 0 saturated carbocycles. The van der Waals surface area contributed by atoms with E-state index in [0.29, 0.717) is 18.6 Å². The van der Waals surface area contributed by atoms with Crippen LogP contribution in [0.1, 0.15) is 18.4 Å². The normalized spacial score (nSPS) is 11.0. The fraction of sp³-hybridized carbons (Fsp3) is 0.235. The Balaban J connectivity index is 1.81. The van der Waals surface area contributed by atoms with Crippen molar-refractivity contribution in [1.82, 2.24) is 4.72 Å². The van der Waals surface area contributed by atoms with Crippen molar-refractivity contribution in [2.45, 2.75) is 24.7 Å². The second-order valence-electron chi connectivity index (χ2n) is 5.06. The summed E-state index contributed by atoms with van der Waals surface area (Å²) < 4.78 is 31.9. The lowest BCUT2D eigenvalue weighted by Crippen LogP contribution is -2.31. The van der Waals surface area contributed by atoms with Gasteiger partial charge in [0.15, 0.2) is 0 Å². The molecule has 0 spiro atoms. The zero-order valence-corrected chi connectivity index (χ0v) is 13.7. The van der Waals surface area contributed by atoms with E-state index in [1.807, 2.05) is 30.3 Å². The van der Waals surface area contributed by atoms with Gasteiger partial charge in [0.2, 0.25) is 5.91 Å². The standard InChI is InChI=1S/C17H19NO4S/c1-14-8-5-6-11-16(14)23(20,21)18-17(19)12-7-13-22-15-9-3-2-4-10-15/h2-6,8-11H,7,12-13H2,1H3,(H,18,19). The second kappa shape index (κ2) is 7.78. The Morgan fingerprint density at radius 3 is 2.39 bits per heavy atom. The van der Waals surface area contributed by atoms with Crippen molar-refractivity contribution in [1.29, 1.82) is 0 Å². The van der Waals surface area contributed by atoms with Crippen LogP contribution < -0.4 is 9.46 Å². The van der Waals surface area contributed by atoms with Gasteiger partial charge in [-0.2, -0.15) is 0 Å². The zero-order valence-electron chi connectivity index (χ0n) is 12.9. The summed E-state index contributed by atoms with van der Waals surface area (Å²) in [4.78, 5) is 11.9. The summed E-state index contributed by atoms with van der Waals surface area (Å²) >= 11 is 0. The van der Waals surface area contributed by atoms with E-state index in [1.54, 1.807) is 25.1 Å². The molecule has 2 aromatic rings. The smallest absolute Gasteiger partial charge is 0.264 e. The number of carbonyl (C=O) groups excluding carboxylic acids is 1. The largest absolute Gasteiger partial charge is 0.494 e. The molecule has 2 aromatic carbocycles. The van der Waals surface area contributed by atoms with Gasteiger partial charge in [0, 0.05) is 6.42 Å². The van der Waals surface area contributed by atoms with Gasteiger partial charge in [0.25, 0.3) is 10.0 Å². The highest BCUT2D eigenvalue weighted by Gasteiger charge is 2.18. The molecule has 0 aromatic heterocycles. The molecule has 1 N–H and O–H groups in total. The van der Waals surface area contributed by atoms with Crippen molar-refractivity contribution in [3.05, 3.63) is 60.2 Å². The maximum absolute atomic E-state index is 12.2. The Labute approximate surface area is 136 Å². The summed E-state index contributed by atoms with van der Waals surface area (Å²) in [5.41, 5.74) is 0.597. The van der Waals surface area contributed by atoms with E-state index in [9.17, 15) is 13.2 Å². The van der Waals surface area contributed by atoms with Crippen LogP contribution >= 0.6 is 0 Å². The van der Waals surface area contributed by atoms with Crippen LogP contribution in [0.5, 0.6) is 5.75 Å². The molecule has 0 unspecified atom stereocenters. The summed E-state index contributed by atoms with van der Waals surface area (Å²) in [5, 5.41) is 0. The first kappa shape index (κ1) is 17.0. The Bertz CT molecular complexity index is 757. The molecule has 0 aliphatic rings. The van der Waals surface area contributed by atoms with E-state index in [2.05, 4.69) is 4.72 Å². The Morgan fingerprint density at radius 1 is 1.04 bits per heavy atom. The molecule has 0 fully saturated rings. The lowest BCUT2D eigenvalue weighted by atomic mass is 10.2. The predicted octanol–water partition coefficient (Wildman–Crippen LogP) is 2.66. The highest BCUT2D eigenvalue weighted by molar-refractivity contribution is 7.90. The molecule has 0 aliphatic carbocycles. The van der Waals surface area contributed by atoms with Gasteiger partial charge in [-0.25, -0.2) is 13.1 Å². The number of nitrogens with one attached hydrogen (secondary N) is 1. The molecule has 1 amide bonds. The van der Waals surface area contributed by atoms with Gasteiger partial charge in [-0.05, 0) is 37.1 Å². The molecule has 0 radical (unpaired) electrons. The average Bonchev–Trinajstić information content (AvgIpc) is 2.52. The van der Waals surface area contributed by atoms with Gasteiger partial charge in [-0.3, -0.25) is 4.79 Å². The summed E-state index contributed by atoms with van der Waals surface area (Å²) in [7, 11) is -3.82. The van der Waals surface area contributed by atoms with Gasteiger partial charge >= 0.3 is 0 Å². The van der Waals surface area contributed by atoms with Crippen molar-refractivity contribution in [2.24, 2.45) is 0 Å². The summed E-state index contributed by atoms with van der Waals surface area (Å²) in [5.74, 6) is 0.186. The Kier molecular flexibility index (Phi) is 5.76. The minimum absolute atomic E-state index is 0.0813. The number of ether oxygens (including phenoxy) is 1. The molecule has 0 aliphatic heterocycles. The highest BCUT2D eigenvalue weighted by atomic mass is 32.2. The quantitative estimate of drug-likeness (QED) is 0.791. The lowest BCUT2D eigenvalue weighted by Gasteiger charge is -2.09. The van der Waals surface area contributed by atoms with E-state index in [4.69, 9.17) is 4.74 Å². The second-order valence-corrected chi connectivity index (χ2v) is 6.71. The van der Waals surface area contributed by atoms with Gasteiger partial charge in [-0.1, -0.05) is 36.4 Å². The van der Waals surface area contributed by atoms with Crippen LogP contribution in [0.4, 0.5) is 0 Å². The lowest BCUT2D eigenvalue weighted by molar-refractivity contribution is -0.119. The molecule has 6 heteroatoms. The number of sulfonamides is 1. The highest BCUT2D eigenvalue weighted by Crippen LogP contribution is 2.14. The van der Waals surface area contributed by atoms with Gasteiger partial charge < -0.3 is 4.74 Å². The average molecular weight is 333 g/mol. The van der Waals surface area contributed by atoms with E-state index < -0.39 is 15.9 Å². The van der Waals surface area contributed by atoms with Crippen molar-refractivity contribution in [3.63, 3.8) is 0 Å². The van der Waals surface area contributed by atoms with Crippen LogP contribution in [-0.2, 0) is 14.8 Å². The third kappa shape index (κ3) is 5.10. The minimum Gasteiger partial charge on any atom is -0.494 e. The van der Waals surface area contributed by atoms with Crippen molar-refractivity contribution in [3.8, 4) is 5.75 Å². The van der Waals surface area contributed by atoms with E-state index in [0.717, 1.165) is 5.75 Å². The fourth-order valence-electron chi connectivity index (χ4n) is 2.05. The molecule has 0 atom stereocenters. The number of amides is 1. The summed E-state index contributed by atoms with van der Waals surface area (Å²) in [6.45, 7) is 2.04. The van der Waals surface area contributed by atoms with Crippen LogP contribution in [0.25, 0.3) is 0 Å². The molecule has 0 heterocycles. The Hall–Kier alpha value is -2.34. The predicted molar refractivity (Wildman–Crippen MR) is 87.7 cm³/mol. The number of rotatable bonds is 7. The maximum Gasteiger partial charge on any atom is 0.264 e. The van der Waals surface area contributed by atoms with Crippen LogP contribution in [0.3, 0.4) is 0 Å². The van der Waals surface area contributed by atoms with Gasteiger partial charge in [0.1, 0.15) is 5.75 Å². The third-order valence-corrected chi connectivity index (χ3v) is 4.72. The SMILES string of the molecule is Cc1ccccc1S(=O)(=O)NC(=O)CCCOc1ccccc1. The van der Waals surface area contributed by atoms with Crippen molar-refractivity contribution < 1.29 is 17.9 Å². The number of hydrogen-bond donors (Lipinski definition) is 1. The fourth-order valence-corrected chi connectivity index (χ4v) is 3.31. The topological polar surface area (TPSA) is 72.5 Å². The number of benzene rings is 2. The molecular formula is C17H19NO4S. The number of para-hydroxylation sites is 1. The summed E-state index contributed by atoms with van der Waals surface area (Å²) in [6.07, 6.45) is 0.516. The van der Waals surface area contributed by atoms with Gasteiger partial charge in [0.05, 0.1) is 11.5 Å². The number of hydrogen-bond acceptors (Lipinski definition) is 4. The number of carbonyl (C=O) groups is 1. The molecular weight excluding hydrogens is 314 g/mol.